The van der Waals surface area contributed by atoms with E-state index in [1.54, 1.807) is 0 Å². The fraction of sp³-hybridized carbons (Fsp3) is 0.867. The van der Waals surface area contributed by atoms with Crippen molar-refractivity contribution in [3.63, 3.8) is 0 Å². The van der Waals surface area contributed by atoms with Gasteiger partial charge in [0.15, 0.2) is 5.16 Å². The molecule has 20 heavy (non-hydrogen) atoms. The molecule has 2 aliphatic rings. The SMILES string of the molecule is CCCNCC(C)CSc1nnc(C2CC2)n1C1CC1. The Hall–Kier alpha value is -0.550. The average molecular weight is 294 g/mol. The molecule has 4 nitrogen and oxygen atoms in total. The quantitative estimate of drug-likeness (QED) is 0.561. The number of hydrogen-bond acceptors (Lipinski definition) is 4. The summed E-state index contributed by atoms with van der Waals surface area (Å²) >= 11 is 1.90. The highest BCUT2D eigenvalue weighted by Crippen LogP contribution is 2.46. The first-order chi connectivity index (χ1) is 9.79. The summed E-state index contributed by atoms with van der Waals surface area (Å²) in [4.78, 5) is 0. The van der Waals surface area contributed by atoms with Crippen LogP contribution in [0, 0.1) is 5.92 Å². The first-order valence-electron chi connectivity index (χ1n) is 8.08. The number of hydrogen-bond donors (Lipinski definition) is 1. The third-order valence-corrected chi connectivity index (χ3v) is 5.23. The Labute approximate surface area is 126 Å². The molecule has 2 fully saturated rings. The molecule has 1 atom stereocenters. The van der Waals surface area contributed by atoms with E-state index in [0.29, 0.717) is 17.9 Å². The Balaban J connectivity index is 1.54. The molecule has 3 rings (SSSR count). The van der Waals surface area contributed by atoms with E-state index in [1.165, 1.54) is 37.9 Å². The molecule has 1 heterocycles. The Morgan fingerprint density at radius 3 is 2.75 bits per heavy atom. The molecule has 0 aliphatic heterocycles. The van der Waals surface area contributed by atoms with E-state index in [-0.39, 0.29) is 0 Å². The van der Waals surface area contributed by atoms with Gasteiger partial charge in [-0.2, -0.15) is 0 Å². The third-order valence-electron chi connectivity index (χ3n) is 3.96. The van der Waals surface area contributed by atoms with Gasteiger partial charge in [0.05, 0.1) is 0 Å². The summed E-state index contributed by atoms with van der Waals surface area (Å²) in [5.41, 5.74) is 0. The van der Waals surface area contributed by atoms with E-state index in [2.05, 4.69) is 33.9 Å². The van der Waals surface area contributed by atoms with Crippen molar-refractivity contribution in [2.45, 2.75) is 63.1 Å². The largest absolute Gasteiger partial charge is 0.316 e. The van der Waals surface area contributed by atoms with Crippen molar-refractivity contribution in [2.75, 3.05) is 18.8 Å². The second-order valence-corrected chi connectivity index (χ2v) is 7.32. The molecule has 0 aromatic carbocycles. The highest BCUT2D eigenvalue weighted by molar-refractivity contribution is 7.99. The smallest absolute Gasteiger partial charge is 0.191 e. The molecule has 1 aromatic rings. The normalized spacial score (nSPS) is 20.3. The summed E-state index contributed by atoms with van der Waals surface area (Å²) in [5, 5.41) is 13.6. The van der Waals surface area contributed by atoms with E-state index >= 15 is 0 Å². The number of rotatable bonds is 9. The van der Waals surface area contributed by atoms with Crippen molar-refractivity contribution in [3.8, 4) is 0 Å². The maximum absolute atomic E-state index is 4.47. The van der Waals surface area contributed by atoms with Crippen molar-refractivity contribution >= 4 is 11.8 Å². The van der Waals surface area contributed by atoms with E-state index < -0.39 is 0 Å². The summed E-state index contributed by atoms with van der Waals surface area (Å²) in [6.45, 7) is 6.76. The minimum absolute atomic E-state index is 0.681. The van der Waals surface area contributed by atoms with Crippen LogP contribution in [0.25, 0.3) is 0 Å². The predicted octanol–water partition coefficient (Wildman–Crippen LogP) is 3.22. The summed E-state index contributed by atoms with van der Waals surface area (Å²) in [6, 6.07) is 0.705. The van der Waals surface area contributed by atoms with Crippen LogP contribution < -0.4 is 5.32 Å². The first-order valence-corrected chi connectivity index (χ1v) is 9.06. The van der Waals surface area contributed by atoms with Crippen LogP contribution in [-0.2, 0) is 0 Å². The average Bonchev–Trinajstić information content (AvgIpc) is 3.35. The zero-order valence-electron chi connectivity index (χ0n) is 12.6. The second kappa shape index (κ2) is 6.48. The van der Waals surface area contributed by atoms with Crippen molar-refractivity contribution in [2.24, 2.45) is 5.92 Å². The monoisotopic (exact) mass is 294 g/mol. The molecule has 1 unspecified atom stereocenters. The van der Waals surface area contributed by atoms with Gasteiger partial charge in [-0.15, -0.1) is 10.2 Å². The van der Waals surface area contributed by atoms with Gasteiger partial charge in [-0.25, -0.2) is 0 Å². The number of thioether (sulfide) groups is 1. The molecule has 5 heteroatoms. The summed E-state index contributed by atoms with van der Waals surface area (Å²) in [6.07, 6.45) is 6.47. The lowest BCUT2D eigenvalue weighted by Crippen LogP contribution is -2.23. The van der Waals surface area contributed by atoms with Crippen molar-refractivity contribution in [1.29, 1.82) is 0 Å². The molecule has 1 N–H and O–H groups in total. The second-order valence-electron chi connectivity index (χ2n) is 6.34. The van der Waals surface area contributed by atoms with Crippen LogP contribution in [-0.4, -0.2) is 33.6 Å². The van der Waals surface area contributed by atoms with Crippen molar-refractivity contribution in [3.05, 3.63) is 5.82 Å². The molecule has 2 aliphatic carbocycles. The highest BCUT2D eigenvalue weighted by Gasteiger charge is 2.36. The number of nitrogens with one attached hydrogen (secondary N) is 1. The molecule has 0 radical (unpaired) electrons. The van der Waals surface area contributed by atoms with Crippen LogP contribution in [0.1, 0.15) is 63.7 Å². The zero-order chi connectivity index (χ0) is 13.9. The molecular formula is C15H26N4S. The van der Waals surface area contributed by atoms with Crippen molar-refractivity contribution in [1.82, 2.24) is 20.1 Å². The predicted molar refractivity (Wildman–Crippen MR) is 83.3 cm³/mol. The fourth-order valence-electron chi connectivity index (χ4n) is 2.48. The minimum Gasteiger partial charge on any atom is -0.316 e. The summed E-state index contributed by atoms with van der Waals surface area (Å²) < 4.78 is 2.45. The van der Waals surface area contributed by atoms with Gasteiger partial charge in [0, 0.05) is 17.7 Å². The molecule has 0 amide bonds. The minimum atomic E-state index is 0.681. The Morgan fingerprint density at radius 2 is 2.10 bits per heavy atom. The standard InChI is InChI=1S/C15H26N4S/c1-3-8-16-9-11(2)10-20-15-18-17-14(12-4-5-12)19(15)13-6-7-13/h11-13,16H,3-10H2,1-2H3. The van der Waals surface area contributed by atoms with Gasteiger partial charge < -0.3 is 9.88 Å². The van der Waals surface area contributed by atoms with Gasteiger partial charge in [0.25, 0.3) is 0 Å². The van der Waals surface area contributed by atoms with Gasteiger partial charge in [0.2, 0.25) is 0 Å². The Kier molecular flexibility index (Phi) is 4.66. The van der Waals surface area contributed by atoms with E-state index in [9.17, 15) is 0 Å². The van der Waals surface area contributed by atoms with Crippen LogP contribution in [0.4, 0.5) is 0 Å². The fourth-order valence-corrected chi connectivity index (χ4v) is 3.52. The topological polar surface area (TPSA) is 42.7 Å². The van der Waals surface area contributed by atoms with E-state index in [4.69, 9.17) is 0 Å². The lowest BCUT2D eigenvalue weighted by atomic mass is 10.2. The third kappa shape index (κ3) is 3.55. The van der Waals surface area contributed by atoms with Crippen molar-refractivity contribution < 1.29 is 0 Å². The maximum atomic E-state index is 4.47. The number of aromatic nitrogens is 3. The first kappa shape index (κ1) is 14.4. The molecule has 112 valence electrons. The number of nitrogens with zero attached hydrogens (tertiary/aromatic N) is 3. The van der Waals surface area contributed by atoms with Gasteiger partial charge >= 0.3 is 0 Å². The van der Waals surface area contributed by atoms with Crippen LogP contribution in [0.5, 0.6) is 0 Å². The lowest BCUT2D eigenvalue weighted by Gasteiger charge is -2.12. The van der Waals surface area contributed by atoms with Gasteiger partial charge in [-0.05, 0) is 51.1 Å². The summed E-state index contributed by atoms with van der Waals surface area (Å²) in [5.74, 6) is 3.79. The maximum Gasteiger partial charge on any atom is 0.191 e. The molecular weight excluding hydrogens is 268 g/mol. The lowest BCUT2D eigenvalue weighted by molar-refractivity contribution is 0.555. The van der Waals surface area contributed by atoms with Gasteiger partial charge in [-0.1, -0.05) is 25.6 Å². The molecule has 0 saturated heterocycles. The van der Waals surface area contributed by atoms with E-state index in [0.717, 1.165) is 24.0 Å². The van der Waals surface area contributed by atoms with Gasteiger partial charge in [0.1, 0.15) is 5.82 Å². The molecule has 2 saturated carbocycles. The Morgan fingerprint density at radius 1 is 1.30 bits per heavy atom. The van der Waals surface area contributed by atoms with E-state index in [1.807, 2.05) is 11.8 Å². The molecule has 0 spiro atoms. The Bertz CT molecular complexity index is 437. The highest BCUT2D eigenvalue weighted by atomic mass is 32.2. The van der Waals surface area contributed by atoms with Gasteiger partial charge in [-0.3, -0.25) is 0 Å². The van der Waals surface area contributed by atoms with Crippen LogP contribution >= 0.6 is 11.8 Å². The molecule has 0 bridgehead atoms. The molecule has 1 aromatic heterocycles. The van der Waals surface area contributed by atoms with Crippen LogP contribution in [0.2, 0.25) is 0 Å². The summed E-state index contributed by atoms with van der Waals surface area (Å²) in [7, 11) is 0. The zero-order valence-corrected chi connectivity index (χ0v) is 13.5. The van der Waals surface area contributed by atoms with Crippen LogP contribution in [0.3, 0.4) is 0 Å². The van der Waals surface area contributed by atoms with Crippen LogP contribution in [0.15, 0.2) is 5.16 Å².